The maximum atomic E-state index is 14.0. The fourth-order valence-electron chi connectivity index (χ4n) is 5.84. The number of nitrogens with one attached hydrogen (secondary N) is 1. The topological polar surface area (TPSA) is 88.5 Å². The van der Waals surface area contributed by atoms with E-state index in [1.165, 1.54) is 21.2 Å². The number of benzene rings is 4. The molecule has 1 aromatic heterocycles. The molecule has 2 aliphatic heterocycles. The summed E-state index contributed by atoms with van der Waals surface area (Å²) in [5, 5.41) is 4.79. The van der Waals surface area contributed by atoms with E-state index in [0.717, 1.165) is 37.7 Å². The molecule has 4 aromatic carbocycles. The van der Waals surface area contributed by atoms with Gasteiger partial charge in [-0.25, -0.2) is 4.90 Å². The number of carbonyl (C=O) groups excluding carboxylic acids is 3. The molecule has 0 spiro atoms. The highest BCUT2D eigenvalue weighted by atomic mass is 79.9. The number of hydrogen-bond acceptors (Lipinski definition) is 6. The normalized spacial score (nSPS) is 19.4. The number of halogens is 1. The quantitative estimate of drug-likeness (QED) is 0.214. The van der Waals surface area contributed by atoms with Crippen LogP contribution in [-0.4, -0.2) is 27.5 Å². The van der Waals surface area contributed by atoms with Crippen molar-refractivity contribution in [1.82, 2.24) is 4.57 Å². The van der Waals surface area contributed by atoms with Crippen molar-refractivity contribution in [1.29, 1.82) is 0 Å². The molecule has 3 heterocycles. The lowest BCUT2D eigenvalue weighted by Crippen LogP contribution is -2.33. The van der Waals surface area contributed by atoms with E-state index >= 15 is 0 Å². The molecule has 43 heavy (non-hydrogen) atoms. The van der Waals surface area contributed by atoms with Crippen LogP contribution in [0.5, 0.6) is 0 Å². The summed E-state index contributed by atoms with van der Waals surface area (Å²) in [5.74, 6) is -2.15. The molecule has 7 rings (SSSR count). The first-order valence-corrected chi connectivity index (χ1v) is 16.2. The largest absolute Gasteiger partial charge is 0.325 e. The number of thiazole rings is 1. The van der Waals surface area contributed by atoms with Crippen LogP contribution in [0.4, 0.5) is 11.4 Å². The lowest BCUT2D eigenvalue weighted by molar-refractivity contribution is -0.122. The highest BCUT2D eigenvalue weighted by molar-refractivity contribution is 9.10. The minimum Gasteiger partial charge on any atom is -0.325 e. The van der Waals surface area contributed by atoms with E-state index in [1.54, 1.807) is 12.1 Å². The van der Waals surface area contributed by atoms with Crippen LogP contribution in [0, 0.1) is 12.8 Å². The van der Waals surface area contributed by atoms with Gasteiger partial charge in [0.2, 0.25) is 17.7 Å². The number of amides is 3. The van der Waals surface area contributed by atoms with E-state index in [9.17, 15) is 19.2 Å². The van der Waals surface area contributed by atoms with E-state index in [2.05, 4.69) is 21.2 Å². The van der Waals surface area contributed by atoms with E-state index in [-0.39, 0.29) is 29.1 Å². The third-order valence-corrected chi connectivity index (χ3v) is 11.0. The predicted molar refractivity (Wildman–Crippen MR) is 174 cm³/mol. The molecule has 1 fully saturated rings. The van der Waals surface area contributed by atoms with Gasteiger partial charge in [-0.15, -0.1) is 0 Å². The third-order valence-electron chi connectivity index (χ3n) is 7.91. The number of aromatic nitrogens is 1. The highest BCUT2D eigenvalue weighted by Crippen LogP contribution is 2.54. The van der Waals surface area contributed by atoms with Crippen molar-refractivity contribution < 1.29 is 14.4 Å². The van der Waals surface area contributed by atoms with Crippen LogP contribution in [-0.2, 0) is 20.9 Å². The molecule has 2 aliphatic rings. The molecule has 5 aromatic rings. The summed E-state index contributed by atoms with van der Waals surface area (Å²) in [6.45, 7) is 1.74. The number of aryl methyl sites for hydroxylation is 1. The molecule has 10 heteroatoms. The summed E-state index contributed by atoms with van der Waals surface area (Å²) >= 11 is 5.73. The zero-order valence-corrected chi connectivity index (χ0v) is 26.0. The van der Waals surface area contributed by atoms with Gasteiger partial charge in [-0.2, -0.15) is 0 Å². The molecule has 3 amide bonds. The van der Waals surface area contributed by atoms with Crippen molar-refractivity contribution in [2.24, 2.45) is 5.92 Å². The number of hydrogen-bond donors (Lipinski definition) is 1. The van der Waals surface area contributed by atoms with Gasteiger partial charge in [-0.05, 0) is 59.7 Å². The molecule has 0 bridgehead atoms. The van der Waals surface area contributed by atoms with Gasteiger partial charge in [-0.3, -0.25) is 23.7 Å². The molecular weight excluding hydrogens is 646 g/mol. The summed E-state index contributed by atoms with van der Waals surface area (Å²) in [7, 11) is 0. The second-order valence-corrected chi connectivity index (χ2v) is 13.7. The molecule has 0 saturated carbocycles. The molecule has 3 atom stereocenters. The standard InChI is InChI=1S/C33H24BrN3O4S2/c1-18-6-14-24(15-7-18)37-30(39)27-26(20-8-11-22(34)12-9-20)29-32(42-28(27)31(37)40)36(33(41)43-29)17-25(38)35-23-13-10-19-4-2-3-5-21(19)16-23/h2-16,26-28H,17H2,1H3,(H,35,38)/t26-,27-,28+/m0/s1. The van der Waals surface area contributed by atoms with E-state index in [4.69, 9.17) is 0 Å². The summed E-state index contributed by atoms with van der Waals surface area (Å²) in [5.41, 5.74) is 3.02. The van der Waals surface area contributed by atoms with Crippen molar-refractivity contribution in [3.05, 3.63) is 121 Å². The summed E-state index contributed by atoms with van der Waals surface area (Å²) < 4.78 is 2.32. The fraction of sp³-hybridized carbons (Fsp3) is 0.152. The number of carbonyl (C=O) groups is 3. The average molecular weight is 671 g/mol. The van der Waals surface area contributed by atoms with Crippen LogP contribution in [0.2, 0.25) is 0 Å². The number of anilines is 2. The molecule has 0 unspecified atom stereocenters. The van der Waals surface area contributed by atoms with E-state index in [0.29, 0.717) is 21.3 Å². The van der Waals surface area contributed by atoms with Crippen LogP contribution in [0.15, 0.2) is 105 Å². The first-order valence-electron chi connectivity index (χ1n) is 13.7. The van der Waals surface area contributed by atoms with Gasteiger partial charge in [0.05, 0.1) is 16.6 Å². The highest BCUT2D eigenvalue weighted by Gasteiger charge is 2.56. The molecule has 7 nitrogen and oxygen atoms in total. The summed E-state index contributed by atoms with van der Waals surface area (Å²) in [6, 6.07) is 28.5. The Kier molecular flexibility index (Phi) is 7.07. The van der Waals surface area contributed by atoms with Gasteiger partial charge in [0, 0.05) is 21.0 Å². The zero-order valence-electron chi connectivity index (χ0n) is 22.8. The zero-order chi connectivity index (χ0) is 29.8. The number of thioether (sulfide) groups is 1. The van der Waals surface area contributed by atoms with Crippen LogP contribution in [0.25, 0.3) is 10.8 Å². The summed E-state index contributed by atoms with van der Waals surface area (Å²) in [6.07, 6.45) is 0. The van der Waals surface area contributed by atoms with Gasteiger partial charge in [-0.1, -0.05) is 99.2 Å². The van der Waals surface area contributed by atoms with Crippen molar-refractivity contribution in [3.63, 3.8) is 0 Å². The molecule has 1 saturated heterocycles. The molecule has 0 radical (unpaired) electrons. The van der Waals surface area contributed by atoms with Crippen LogP contribution in [0.1, 0.15) is 21.9 Å². The SMILES string of the molecule is Cc1ccc(N2C(=O)[C@H]3[C@H](c4ccc(Br)cc4)c4sc(=O)n(CC(=O)Nc5ccc6ccccc6c5)c4S[C@H]3C2=O)cc1. The monoisotopic (exact) mass is 669 g/mol. The van der Waals surface area contributed by atoms with Gasteiger partial charge in [0.1, 0.15) is 11.8 Å². The van der Waals surface area contributed by atoms with Gasteiger partial charge >= 0.3 is 4.87 Å². The first kappa shape index (κ1) is 27.8. The van der Waals surface area contributed by atoms with Gasteiger partial charge in [0.15, 0.2) is 0 Å². The molecule has 0 aliphatic carbocycles. The minimum atomic E-state index is -0.737. The van der Waals surface area contributed by atoms with Gasteiger partial charge < -0.3 is 5.32 Å². The van der Waals surface area contributed by atoms with Crippen molar-refractivity contribution in [2.75, 3.05) is 10.2 Å². The van der Waals surface area contributed by atoms with E-state index in [1.807, 2.05) is 85.8 Å². The Morgan fingerprint density at radius 2 is 1.60 bits per heavy atom. The van der Waals surface area contributed by atoms with Gasteiger partial charge in [0.25, 0.3) is 0 Å². The number of fused-ring (bicyclic) bond motifs is 3. The smallest absolute Gasteiger partial charge is 0.308 e. The molecule has 214 valence electrons. The first-order chi connectivity index (χ1) is 20.8. The van der Waals surface area contributed by atoms with Crippen LogP contribution >= 0.6 is 39.0 Å². The van der Waals surface area contributed by atoms with E-state index < -0.39 is 17.1 Å². The lowest BCUT2D eigenvalue weighted by atomic mass is 9.83. The number of imide groups is 1. The Balaban J connectivity index is 1.26. The maximum absolute atomic E-state index is 14.0. The Hall–Kier alpha value is -3.99. The number of nitrogens with zero attached hydrogens (tertiary/aromatic N) is 2. The van der Waals surface area contributed by atoms with Crippen LogP contribution in [0.3, 0.4) is 0 Å². The predicted octanol–water partition coefficient (Wildman–Crippen LogP) is 6.57. The Bertz CT molecular complexity index is 1980. The third kappa shape index (κ3) is 4.93. The van der Waals surface area contributed by atoms with Crippen LogP contribution < -0.4 is 15.1 Å². The minimum absolute atomic E-state index is 0.210. The Labute approximate surface area is 263 Å². The Morgan fingerprint density at radius 1 is 0.884 bits per heavy atom. The second kappa shape index (κ2) is 10.9. The van der Waals surface area contributed by atoms with Crippen molar-refractivity contribution >= 4 is 78.9 Å². The maximum Gasteiger partial charge on any atom is 0.308 e. The van der Waals surface area contributed by atoms with Crippen molar-refractivity contribution in [2.45, 2.75) is 29.7 Å². The second-order valence-electron chi connectivity index (χ2n) is 10.7. The van der Waals surface area contributed by atoms with Crippen molar-refractivity contribution in [3.8, 4) is 0 Å². The summed E-state index contributed by atoms with van der Waals surface area (Å²) in [4.78, 5) is 56.2. The average Bonchev–Trinajstić information content (AvgIpc) is 3.44. The molecule has 1 N–H and O–H groups in total. The Morgan fingerprint density at radius 3 is 2.35 bits per heavy atom. The fourth-order valence-corrected chi connectivity index (χ4v) is 8.88. The number of rotatable bonds is 5. The molecular formula is C33H24BrN3O4S2. The lowest BCUT2D eigenvalue weighted by Gasteiger charge is -2.30.